The summed E-state index contributed by atoms with van der Waals surface area (Å²) < 4.78 is 5.30. The summed E-state index contributed by atoms with van der Waals surface area (Å²) in [6.07, 6.45) is 0.859. The molecule has 2 aromatic rings. The van der Waals surface area contributed by atoms with Gasteiger partial charge in [0.25, 0.3) is 5.56 Å². The second-order valence-electron chi connectivity index (χ2n) is 4.19. The van der Waals surface area contributed by atoms with Crippen molar-refractivity contribution < 1.29 is 4.74 Å². The molecule has 0 aliphatic carbocycles. The van der Waals surface area contributed by atoms with E-state index in [1.165, 1.54) is 6.07 Å². The Kier molecular flexibility index (Phi) is 3.97. The third-order valence-corrected chi connectivity index (χ3v) is 3.04. The van der Waals surface area contributed by atoms with E-state index in [0.29, 0.717) is 5.69 Å². The highest BCUT2D eigenvalue weighted by molar-refractivity contribution is 5.64. The molecule has 100 valence electrons. The molecule has 1 heterocycles. The Bertz CT molecular complexity index is 635. The summed E-state index contributed by atoms with van der Waals surface area (Å²) in [4.78, 5) is 11.3. The first-order valence-electron chi connectivity index (χ1n) is 6.15. The first-order chi connectivity index (χ1) is 9.19. The number of hydrogen-bond acceptors (Lipinski definition) is 4. The fourth-order valence-corrected chi connectivity index (χ4v) is 2.05. The standard InChI is InChI=1S/C14H17N3O2/c1-3-9-6-10(4-5-12(9)19-2)14-11(8-15)7-13(18)16-17-14/h4-7H,3,8,15H2,1-2H3,(H,16,18). The normalized spacial score (nSPS) is 10.5. The molecule has 0 unspecified atom stereocenters. The summed E-state index contributed by atoms with van der Waals surface area (Å²) in [6.45, 7) is 2.34. The first-order valence-corrected chi connectivity index (χ1v) is 6.15. The van der Waals surface area contributed by atoms with Gasteiger partial charge < -0.3 is 10.5 Å². The number of H-pyrrole nitrogens is 1. The van der Waals surface area contributed by atoms with Crippen molar-refractivity contribution in [2.75, 3.05) is 7.11 Å². The van der Waals surface area contributed by atoms with E-state index in [0.717, 1.165) is 28.9 Å². The average molecular weight is 259 g/mol. The molecule has 19 heavy (non-hydrogen) atoms. The molecule has 1 aromatic heterocycles. The Balaban J connectivity index is 2.56. The molecular formula is C14H17N3O2. The van der Waals surface area contributed by atoms with Gasteiger partial charge >= 0.3 is 0 Å². The van der Waals surface area contributed by atoms with Crippen LogP contribution in [0.25, 0.3) is 11.3 Å². The smallest absolute Gasteiger partial charge is 0.264 e. The third kappa shape index (κ3) is 2.66. The summed E-state index contributed by atoms with van der Waals surface area (Å²) in [7, 11) is 1.65. The summed E-state index contributed by atoms with van der Waals surface area (Å²) in [5.74, 6) is 0.852. The van der Waals surface area contributed by atoms with Crippen molar-refractivity contribution in [1.29, 1.82) is 0 Å². The van der Waals surface area contributed by atoms with Crippen molar-refractivity contribution in [3.8, 4) is 17.0 Å². The quantitative estimate of drug-likeness (QED) is 0.871. The van der Waals surface area contributed by atoms with Gasteiger partial charge in [-0.25, -0.2) is 5.10 Å². The molecule has 1 aromatic carbocycles. The van der Waals surface area contributed by atoms with E-state index in [1.54, 1.807) is 7.11 Å². The molecule has 0 radical (unpaired) electrons. The summed E-state index contributed by atoms with van der Waals surface area (Å²) >= 11 is 0. The van der Waals surface area contributed by atoms with E-state index < -0.39 is 0 Å². The Morgan fingerprint density at radius 1 is 1.32 bits per heavy atom. The van der Waals surface area contributed by atoms with Gasteiger partial charge in [0.1, 0.15) is 5.75 Å². The van der Waals surface area contributed by atoms with Crippen LogP contribution in [0, 0.1) is 0 Å². The SMILES string of the molecule is CCc1cc(-c2n[nH]c(=O)cc2CN)ccc1OC. The Morgan fingerprint density at radius 2 is 2.11 bits per heavy atom. The van der Waals surface area contributed by atoms with Crippen molar-refractivity contribution >= 4 is 0 Å². The van der Waals surface area contributed by atoms with Gasteiger partial charge in [0.15, 0.2) is 0 Å². The molecule has 0 fully saturated rings. The molecule has 5 nitrogen and oxygen atoms in total. The van der Waals surface area contributed by atoms with Crippen molar-refractivity contribution in [3.63, 3.8) is 0 Å². The largest absolute Gasteiger partial charge is 0.496 e. The monoisotopic (exact) mass is 259 g/mol. The van der Waals surface area contributed by atoms with Crippen molar-refractivity contribution in [3.05, 3.63) is 45.7 Å². The molecule has 0 saturated heterocycles. The molecule has 2 rings (SSSR count). The van der Waals surface area contributed by atoms with Crippen LogP contribution in [-0.4, -0.2) is 17.3 Å². The Morgan fingerprint density at radius 3 is 2.74 bits per heavy atom. The number of ether oxygens (including phenoxy) is 1. The van der Waals surface area contributed by atoms with Crippen LogP contribution in [-0.2, 0) is 13.0 Å². The maximum Gasteiger partial charge on any atom is 0.264 e. The lowest BCUT2D eigenvalue weighted by Crippen LogP contribution is -2.12. The van der Waals surface area contributed by atoms with Crippen LogP contribution >= 0.6 is 0 Å². The lowest BCUT2D eigenvalue weighted by molar-refractivity contribution is 0.410. The van der Waals surface area contributed by atoms with Gasteiger partial charge in [0.2, 0.25) is 0 Å². The van der Waals surface area contributed by atoms with Crippen molar-refractivity contribution in [1.82, 2.24) is 10.2 Å². The highest BCUT2D eigenvalue weighted by Crippen LogP contribution is 2.27. The molecule has 5 heteroatoms. The minimum absolute atomic E-state index is 0.242. The number of nitrogens with one attached hydrogen (secondary N) is 1. The average Bonchev–Trinajstić information content (AvgIpc) is 2.46. The number of nitrogens with two attached hydrogens (primary N) is 1. The highest BCUT2D eigenvalue weighted by atomic mass is 16.5. The number of aromatic nitrogens is 2. The summed E-state index contributed by atoms with van der Waals surface area (Å²) in [5.41, 5.74) is 8.88. The van der Waals surface area contributed by atoms with Crippen molar-refractivity contribution in [2.45, 2.75) is 19.9 Å². The minimum atomic E-state index is -0.242. The fourth-order valence-electron chi connectivity index (χ4n) is 2.05. The van der Waals surface area contributed by atoms with Gasteiger partial charge in [-0.2, -0.15) is 5.10 Å². The number of nitrogens with zero attached hydrogens (tertiary/aromatic N) is 1. The molecule has 0 aliphatic heterocycles. The van der Waals surface area contributed by atoms with Gasteiger partial charge in [-0.15, -0.1) is 0 Å². The molecule has 0 aliphatic rings. The van der Waals surface area contributed by atoms with Gasteiger partial charge in [0.05, 0.1) is 12.8 Å². The number of hydrogen-bond donors (Lipinski definition) is 2. The predicted octanol–water partition coefficient (Wildman–Crippen LogP) is 1.47. The maximum atomic E-state index is 11.3. The third-order valence-electron chi connectivity index (χ3n) is 3.04. The number of rotatable bonds is 4. The zero-order valence-electron chi connectivity index (χ0n) is 11.1. The van der Waals surface area contributed by atoms with Crippen LogP contribution in [0.1, 0.15) is 18.1 Å². The van der Waals surface area contributed by atoms with Crippen LogP contribution in [0.5, 0.6) is 5.75 Å². The summed E-state index contributed by atoms with van der Waals surface area (Å²) in [5, 5.41) is 6.54. The zero-order valence-corrected chi connectivity index (χ0v) is 11.1. The number of aryl methyl sites for hydroxylation is 1. The highest BCUT2D eigenvalue weighted by Gasteiger charge is 2.09. The van der Waals surface area contributed by atoms with Gasteiger partial charge in [0, 0.05) is 18.2 Å². The molecule has 3 N–H and O–H groups in total. The second kappa shape index (κ2) is 5.67. The Hall–Kier alpha value is -2.14. The molecule has 0 amide bonds. The molecule has 0 atom stereocenters. The maximum absolute atomic E-state index is 11.3. The number of methoxy groups -OCH3 is 1. The van der Waals surface area contributed by atoms with E-state index >= 15 is 0 Å². The van der Waals surface area contributed by atoms with Crippen LogP contribution in [0.15, 0.2) is 29.1 Å². The number of aromatic amines is 1. The van der Waals surface area contributed by atoms with Crippen LogP contribution in [0.3, 0.4) is 0 Å². The number of benzene rings is 1. The van der Waals surface area contributed by atoms with E-state index in [2.05, 4.69) is 17.1 Å². The van der Waals surface area contributed by atoms with E-state index in [4.69, 9.17) is 10.5 Å². The van der Waals surface area contributed by atoms with E-state index in [-0.39, 0.29) is 12.1 Å². The van der Waals surface area contributed by atoms with Crippen molar-refractivity contribution in [2.24, 2.45) is 5.73 Å². The molecule has 0 spiro atoms. The van der Waals surface area contributed by atoms with E-state index in [9.17, 15) is 4.79 Å². The molecule has 0 saturated carbocycles. The zero-order chi connectivity index (χ0) is 13.8. The molecule has 0 bridgehead atoms. The Labute approximate surface area is 111 Å². The van der Waals surface area contributed by atoms with Crippen LogP contribution < -0.4 is 16.0 Å². The van der Waals surface area contributed by atoms with E-state index in [1.807, 2.05) is 18.2 Å². The summed E-state index contributed by atoms with van der Waals surface area (Å²) in [6, 6.07) is 7.32. The van der Waals surface area contributed by atoms with Gasteiger partial charge in [-0.1, -0.05) is 6.92 Å². The lowest BCUT2D eigenvalue weighted by atomic mass is 10.0. The van der Waals surface area contributed by atoms with Gasteiger partial charge in [-0.05, 0) is 35.7 Å². The minimum Gasteiger partial charge on any atom is -0.496 e. The lowest BCUT2D eigenvalue weighted by Gasteiger charge is -2.10. The van der Waals surface area contributed by atoms with Crippen LogP contribution in [0.4, 0.5) is 0 Å². The van der Waals surface area contributed by atoms with Crippen LogP contribution in [0.2, 0.25) is 0 Å². The topological polar surface area (TPSA) is 81.0 Å². The molecular weight excluding hydrogens is 242 g/mol. The van der Waals surface area contributed by atoms with Gasteiger partial charge in [-0.3, -0.25) is 4.79 Å². The fraction of sp³-hybridized carbons (Fsp3) is 0.286. The first kappa shape index (κ1) is 13.3. The predicted molar refractivity (Wildman–Crippen MR) is 74.1 cm³/mol. The second-order valence-corrected chi connectivity index (χ2v) is 4.19.